The number of amides is 1. The normalized spacial score (nSPS) is 12.2. The van der Waals surface area contributed by atoms with Gasteiger partial charge in [-0.15, -0.1) is 0 Å². The molecule has 4 nitrogen and oxygen atoms in total. The molecule has 0 bridgehead atoms. The number of hydrogen-bond acceptors (Lipinski definition) is 3. The summed E-state index contributed by atoms with van der Waals surface area (Å²) in [7, 11) is 0. The van der Waals surface area contributed by atoms with Crippen LogP contribution in [0.25, 0.3) is 0 Å². The van der Waals surface area contributed by atoms with E-state index < -0.39 is 6.04 Å². The third-order valence-electron chi connectivity index (χ3n) is 2.73. The predicted octanol–water partition coefficient (Wildman–Crippen LogP) is 0.282. The highest BCUT2D eigenvalue weighted by molar-refractivity contribution is 5.81. The van der Waals surface area contributed by atoms with Crippen molar-refractivity contribution >= 4 is 5.91 Å². The van der Waals surface area contributed by atoms with Crippen molar-refractivity contribution in [3.63, 3.8) is 0 Å². The van der Waals surface area contributed by atoms with E-state index in [1.807, 2.05) is 6.92 Å². The van der Waals surface area contributed by atoms with Gasteiger partial charge in [-0.3, -0.25) is 4.79 Å². The van der Waals surface area contributed by atoms with Gasteiger partial charge in [-0.2, -0.15) is 0 Å². The molecule has 0 saturated heterocycles. The van der Waals surface area contributed by atoms with Crippen LogP contribution in [0.3, 0.4) is 0 Å². The van der Waals surface area contributed by atoms with Gasteiger partial charge in [-0.25, -0.2) is 0 Å². The molecule has 0 aliphatic carbocycles. The average molecular weight is 236 g/mol. The largest absolute Gasteiger partial charge is 0.394 e. The highest BCUT2D eigenvalue weighted by Crippen LogP contribution is 2.10. The van der Waals surface area contributed by atoms with Crippen LogP contribution in [-0.2, 0) is 11.2 Å². The Morgan fingerprint density at radius 3 is 2.82 bits per heavy atom. The molecule has 0 saturated carbocycles. The van der Waals surface area contributed by atoms with Crippen molar-refractivity contribution in [2.75, 3.05) is 13.2 Å². The second kappa shape index (κ2) is 6.37. The van der Waals surface area contributed by atoms with E-state index in [0.717, 1.165) is 6.42 Å². The molecule has 4 N–H and O–H groups in total. The van der Waals surface area contributed by atoms with Crippen molar-refractivity contribution < 1.29 is 9.90 Å². The molecule has 1 atom stereocenters. The van der Waals surface area contributed by atoms with E-state index in [-0.39, 0.29) is 12.5 Å². The number of aryl methyl sites for hydroxylation is 2. The van der Waals surface area contributed by atoms with Gasteiger partial charge in [0.05, 0.1) is 6.61 Å². The van der Waals surface area contributed by atoms with Crippen molar-refractivity contribution in [2.45, 2.75) is 26.3 Å². The van der Waals surface area contributed by atoms with Gasteiger partial charge in [-0.05, 0) is 31.4 Å². The Morgan fingerprint density at radius 1 is 1.47 bits per heavy atom. The van der Waals surface area contributed by atoms with Crippen LogP contribution in [0.5, 0.6) is 0 Å². The molecular formula is C13H20N2O2. The Kier molecular flexibility index (Phi) is 5.12. The molecule has 0 aromatic heterocycles. The number of aliphatic hydroxyl groups excluding tert-OH is 1. The van der Waals surface area contributed by atoms with Crippen LogP contribution in [0.15, 0.2) is 18.2 Å². The third-order valence-corrected chi connectivity index (χ3v) is 2.73. The molecule has 1 unspecified atom stereocenters. The predicted molar refractivity (Wildman–Crippen MR) is 67.7 cm³/mol. The van der Waals surface area contributed by atoms with Crippen molar-refractivity contribution in [3.8, 4) is 0 Å². The third kappa shape index (κ3) is 4.17. The summed E-state index contributed by atoms with van der Waals surface area (Å²) in [6.45, 7) is 4.31. The van der Waals surface area contributed by atoms with E-state index in [9.17, 15) is 4.79 Å². The van der Waals surface area contributed by atoms with Crippen LogP contribution in [-0.4, -0.2) is 30.2 Å². The quantitative estimate of drug-likeness (QED) is 0.687. The van der Waals surface area contributed by atoms with E-state index in [0.29, 0.717) is 6.54 Å². The molecule has 0 heterocycles. The highest BCUT2D eigenvalue weighted by atomic mass is 16.3. The monoisotopic (exact) mass is 236 g/mol. The van der Waals surface area contributed by atoms with Gasteiger partial charge in [0.2, 0.25) is 5.91 Å². The van der Waals surface area contributed by atoms with E-state index in [1.54, 1.807) is 0 Å². The molecule has 0 spiro atoms. The zero-order chi connectivity index (χ0) is 12.8. The summed E-state index contributed by atoms with van der Waals surface area (Å²) in [4.78, 5) is 11.3. The Bertz CT molecular complexity index is 391. The fourth-order valence-electron chi connectivity index (χ4n) is 1.60. The van der Waals surface area contributed by atoms with Crippen LogP contribution in [0.4, 0.5) is 0 Å². The number of rotatable bonds is 5. The molecule has 1 aromatic rings. The maximum Gasteiger partial charge on any atom is 0.239 e. The van der Waals surface area contributed by atoms with Gasteiger partial charge in [0, 0.05) is 6.54 Å². The zero-order valence-corrected chi connectivity index (χ0v) is 10.4. The van der Waals surface area contributed by atoms with Gasteiger partial charge in [0.1, 0.15) is 6.04 Å². The number of nitrogens with one attached hydrogen (secondary N) is 1. The summed E-state index contributed by atoms with van der Waals surface area (Å²) in [5.41, 5.74) is 9.04. The molecule has 0 radical (unpaired) electrons. The summed E-state index contributed by atoms with van der Waals surface area (Å²) in [6.07, 6.45) is 0.775. The lowest BCUT2D eigenvalue weighted by Crippen LogP contribution is -2.43. The summed E-state index contributed by atoms with van der Waals surface area (Å²) in [5, 5.41) is 11.4. The zero-order valence-electron chi connectivity index (χ0n) is 10.4. The second-order valence-corrected chi connectivity index (χ2v) is 4.26. The maximum atomic E-state index is 11.3. The van der Waals surface area contributed by atoms with Crippen molar-refractivity contribution in [1.82, 2.24) is 5.32 Å². The summed E-state index contributed by atoms with van der Waals surface area (Å²) < 4.78 is 0. The van der Waals surface area contributed by atoms with Crippen LogP contribution < -0.4 is 11.1 Å². The van der Waals surface area contributed by atoms with Gasteiger partial charge in [0.15, 0.2) is 0 Å². The van der Waals surface area contributed by atoms with Crippen LogP contribution in [0.2, 0.25) is 0 Å². The first-order valence-corrected chi connectivity index (χ1v) is 5.75. The number of carbonyl (C=O) groups is 1. The molecule has 0 fully saturated rings. The number of carbonyl (C=O) groups excluding carboxylic acids is 1. The topological polar surface area (TPSA) is 75.4 Å². The Morgan fingerprint density at radius 2 is 2.18 bits per heavy atom. The second-order valence-electron chi connectivity index (χ2n) is 4.26. The Balaban J connectivity index is 2.46. The summed E-state index contributed by atoms with van der Waals surface area (Å²) >= 11 is 0. The summed E-state index contributed by atoms with van der Waals surface area (Å²) in [5.74, 6) is -0.308. The fourth-order valence-corrected chi connectivity index (χ4v) is 1.60. The van der Waals surface area contributed by atoms with Gasteiger partial charge in [0.25, 0.3) is 0 Å². The first-order valence-electron chi connectivity index (χ1n) is 5.75. The minimum absolute atomic E-state index is 0.308. The first kappa shape index (κ1) is 13.7. The van der Waals surface area contributed by atoms with Gasteiger partial charge >= 0.3 is 0 Å². The van der Waals surface area contributed by atoms with E-state index in [2.05, 4.69) is 30.4 Å². The molecular weight excluding hydrogens is 216 g/mol. The molecule has 0 aliphatic heterocycles. The number of nitrogens with two attached hydrogens (primary N) is 1. The number of hydrogen-bond donors (Lipinski definition) is 3. The highest BCUT2D eigenvalue weighted by Gasteiger charge is 2.10. The minimum atomic E-state index is -0.825. The molecule has 4 heteroatoms. The van der Waals surface area contributed by atoms with E-state index in [1.165, 1.54) is 16.7 Å². The van der Waals surface area contributed by atoms with Gasteiger partial charge in [-0.1, -0.05) is 23.8 Å². The minimum Gasteiger partial charge on any atom is -0.394 e. The molecule has 94 valence electrons. The molecule has 17 heavy (non-hydrogen) atoms. The van der Waals surface area contributed by atoms with E-state index >= 15 is 0 Å². The van der Waals surface area contributed by atoms with Crippen LogP contribution >= 0.6 is 0 Å². The lowest BCUT2D eigenvalue weighted by molar-refractivity contribution is -0.123. The number of aliphatic hydroxyl groups is 1. The van der Waals surface area contributed by atoms with Crippen LogP contribution in [0, 0.1) is 13.8 Å². The van der Waals surface area contributed by atoms with Gasteiger partial charge < -0.3 is 16.2 Å². The number of benzene rings is 1. The molecule has 1 aromatic carbocycles. The van der Waals surface area contributed by atoms with E-state index in [4.69, 9.17) is 10.8 Å². The fraction of sp³-hybridized carbons (Fsp3) is 0.462. The Hall–Kier alpha value is -1.39. The van der Waals surface area contributed by atoms with Crippen molar-refractivity contribution in [2.24, 2.45) is 5.73 Å². The Labute approximate surface area is 102 Å². The first-order chi connectivity index (χ1) is 8.04. The standard InChI is InChI=1S/C13H20N2O2/c1-9-3-4-10(2)11(7-9)5-6-15-13(17)12(14)8-16/h3-4,7,12,16H,5-6,8,14H2,1-2H3,(H,15,17). The lowest BCUT2D eigenvalue weighted by atomic mass is 10.0. The summed E-state index contributed by atoms with van der Waals surface area (Å²) in [6, 6.07) is 5.44. The van der Waals surface area contributed by atoms with Crippen molar-refractivity contribution in [1.29, 1.82) is 0 Å². The van der Waals surface area contributed by atoms with Crippen LogP contribution in [0.1, 0.15) is 16.7 Å². The average Bonchev–Trinajstić information content (AvgIpc) is 2.32. The molecule has 1 amide bonds. The lowest BCUT2D eigenvalue weighted by Gasteiger charge is -2.11. The van der Waals surface area contributed by atoms with Crippen molar-refractivity contribution in [3.05, 3.63) is 34.9 Å². The smallest absolute Gasteiger partial charge is 0.239 e. The maximum absolute atomic E-state index is 11.3. The molecule has 0 aliphatic rings. The molecule has 1 rings (SSSR count). The SMILES string of the molecule is Cc1ccc(C)c(CCNC(=O)C(N)CO)c1.